The van der Waals surface area contributed by atoms with Gasteiger partial charge in [0.15, 0.2) is 0 Å². The van der Waals surface area contributed by atoms with Gasteiger partial charge in [-0.2, -0.15) is 0 Å². The Balaban J connectivity index is 2.02. The standard InChI is InChI=1S/C20H23N3O5/c1-14(15-8-10-17(11-9-15)22(25)26)21-13-12-20(2,24)19(23(27)28)18(21)16-6-4-3-5-7-16/h3-11,14,18-19,24H,12-13H2,1-2H3/t14-,18+,19+,20-/m0/s1. The number of hydrogen-bond acceptors (Lipinski definition) is 6. The summed E-state index contributed by atoms with van der Waals surface area (Å²) in [6, 6.07) is 13.4. The van der Waals surface area contributed by atoms with Gasteiger partial charge in [-0.3, -0.25) is 25.1 Å². The summed E-state index contributed by atoms with van der Waals surface area (Å²) >= 11 is 0. The number of hydrogen-bond donors (Lipinski definition) is 1. The fourth-order valence-electron chi connectivity index (χ4n) is 4.03. The third-order valence-corrected chi connectivity index (χ3v) is 5.62. The van der Waals surface area contributed by atoms with E-state index in [1.807, 2.05) is 42.2 Å². The predicted octanol–water partition coefficient (Wildman–Crippen LogP) is 3.50. The minimum atomic E-state index is -1.43. The predicted molar refractivity (Wildman–Crippen MR) is 103 cm³/mol. The van der Waals surface area contributed by atoms with Gasteiger partial charge in [0.1, 0.15) is 11.6 Å². The summed E-state index contributed by atoms with van der Waals surface area (Å²) in [5.41, 5.74) is 0.156. The van der Waals surface area contributed by atoms with Crippen LogP contribution in [-0.4, -0.2) is 38.0 Å². The highest BCUT2D eigenvalue weighted by atomic mass is 16.6. The number of benzene rings is 2. The van der Waals surface area contributed by atoms with E-state index in [4.69, 9.17) is 0 Å². The Morgan fingerprint density at radius 1 is 1.11 bits per heavy atom. The van der Waals surface area contributed by atoms with Gasteiger partial charge in [-0.25, -0.2) is 0 Å². The van der Waals surface area contributed by atoms with Crippen LogP contribution in [0.3, 0.4) is 0 Å². The van der Waals surface area contributed by atoms with Gasteiger partial charge in [0.05, 0.1) is 4.92 Å². The van der Waals surface area contributed by atoms with Crippen molar-refractivity contribution < 1.29 is 15.0 Å². The van der Waals surface area contributed by atoms with Crippen LogP contribution in [0.4, 0.5) is 5.69 Å². The topological polar surface area (TPSA) is 110 Å². The second-order valence-electron chi connectivity index (χ2n) is 7.46. The first kappa shape index (κ1) is 19.9. The van der Waals surface area contributed by atoms with Crippen LogP contribution in [0, 0.1) is 20.2 Å². The Hall–Kier alpha value is -2.84. The van der Waals surface area contributed by atoms with Crippen LogP contribution >= 0.6 is 0 Å². The van der Waals surface area contributed by atoms with E-state index in [9.17, 15) is 25.3 Å². The summed E-state index contributed by atoms with van der Waals surface area (Å²) < 4.78 is 0. The van der Waals surface area contributed by atoms with Gasteiger partial charge in [0.2, 0.25) is 0 Å². The molecule has 0 aromatic heterocycles. The van der Waals surface area contributed by atoms with E-state index in [0.717, 1.165) is 11.1 Å². The maximum atomic E-state index is 11.9. The highest BCUT2D eigenvalue weighted by molar-refractivity contribution is 5.34. The first-order valence-electron chi connectivity index (χ1n) is 9.13. The lowest BCUT2D eigenvalue weighted by Crippen LogP contribution is -2.59. The number of aliphatic hydroxyl groups is 1. The first-order chi connectivity index (χ1) is 13.2. The zero-order chi connectivity index (χ0) is 20.5. The summed E-state index contributed by atoms with van der Waals surface area (Å²) in [6.07, 6.45) is 0.263. The van der Waals surface area contributed by atoms with Crippen molar-refractivity contribution in [3.05, 3.63) is 86.0 Å². The molecule has 0 saturated carbocycles. The molecule has 1 heterocycles. The Morgan fingerprint density at radius 3 is 2.25 bits per heavy atom. The molecule has 4 atom stereocenters. The quantitative estimate of drug-likeness (QED) is 0.623. The molecular weight excluding hydrogens is 362 g/mol. The second kappa shape index (κ2) is 7.65. The molecule has 2 aromatic rings. The Labute approximate surface area is 162 Å². The molecule has 0 aliphatic carbocycles. The molecule has 8 nitrogen and oxygen atoms in total. The minimum absolute atomic E-state index is 0.000282. The number of rotatable bonds is 5. The number of nitro benzene ring substituents is 1. The molecule has 3 rings (SSSR count). The molecule has 1 fully saturated rings. The molecule has 0 unspecified atom stereocenters. The molecule has 0 amide bonds. The van der Waals surface area contributed by atoms with Crippen molar-refractivity contribution in [2.24, 2.45) is 0 Å². The molecule has 1 saturated heterocycles. The van der Waals surface area contributed by atoms with E-state index in [1.165, 1.54) is 19.1 Å². The lowest BCUT2D eigenvalue weighted by atomic mass is 9.79. The number of piperidine rings is 1. The highest BCUT2D eigenvalue weighted by Crippen LogP contribution is 2.42. The zero-order valence-corrected chi connectivity index (χ0v) is 15.8. The van der Waals surface area contributed by atoms with Gasteiger partial charge in [-0.1, -0.05) is 42.5 Å². The Bertz CT molecular complexity index is 854. The molecule has 2 aromatic carbocycles. The van der Waals surface area contributed by atoms with E-state index in [2.05, 4.69) is 0 Å². The largest absolute Gasteiger partial charge is 0.383 e. The SMILES string of the molecule is C[C@@H](c1ccc([N+](=O)[O-])cc1)N1CC[C@](C)(O)[C@H]([N+](=O)[O-])[C@H]1c1ccccc1. The average Bonchev–Trinajstić information content (AvgIpc) is 2.67. The van der Waals surface area contributed by atoms with Gasteiger partial charge in [0.25, 0.3) is 11.7 Å². The van der Waals surface area contributed by atoms with Crippen molar-refractivity contribution in [1.82, 2.24) is 4.90 Å². The molecule has 1 aliphatic rings. The lowest BCUT2D eigenvalue weighted by Gasteiger charge is -2.46. The molecule has 28 heavy (non-hydrogen) atoms. The van der Waals surface area contributed by atoms with Crippen molar-refractivity contribution in [2.75, 3.05) is 6.54 Å². The van der Waals surface area contributed by atoms with E-state index in [1.54, 1.807) is 12.1 Å². The Kier molecular flexibility index (Phi) is 5.44. The number of nitrogens with zero attached hydrogens (tertiary/aromatic N) is 3. The van der Waals surface area contributed by atoms with Crippen LogP contribution in [-0.2, 0) is 0 Å². The smallest absolute Gasteiger partial charge is 0.269 e. The van der Waals surface area contributed by atoms with Crippen molar-refractivity contribution in [3.63, 3.8) is 0 Å². The summed E-state index contributed by atoms with van der Waals surface area (Å²) in [5, 5.41) is 33.6. The Morgan fingerprint density at radius 2 is 1.71 bits per heavy atom. The fourth-order valence-corrected chi connectivity index (χ4v) is 4.03. The van der Waals surface area contributed by atoms with Crippen molar-refractivity contribution in [1.29, 1.82) is 0 Å². The normalized spacial score (nSPS) is 26.5. The van der Waals surface area contributed by atoms with E-state index >= 15 is 0 Å². The summed E-state index contributed by atoms with van der Waals surface area (Å²) in [7, 11) is 0. The monoisotopic (exact) mass is 385 g/mol. The van der Waals surface area contributed by atoms with Crippen LogP contribution < -0.4 is 0 Å². The third-order valence-electron chi connectivity index (χ3n) is 5.62. The van der Waals surface area contributed by atoms with Crippen molar-refractivity contribution in [2.45, 2.75) is 44.0 Å². The fraction of sp³-hybridized carbons (Fsp3) is 0.400. The van der Waals surface area contributed by atoms with Crippen LogP contribution in [0.2, 0.25) is 0 Å². The van der Waals surface area contributed by atoms with E-state index < -0.39 is 27.5 Å². The number of nitro groups is 2. The maximum absolute atomic E-state index is 11.9. The summed E-state index contributed by atoms with van der Waals surface area (Å²) in [6.45, 7) is 3.91. The molecule has 0 bridgehead atoms. The molecule has 148 valence electrons. The van der Waals surface area contributed by atoms with E-state index in [-0.39, 0.29) is 18.2 Å². The van der Waals surface area contributed by atoms with Crippen molar-refractivity contribution in [3.8, 4) is 0 Å². The molecule has 1 aliphatic heterocycles. The summed E-state index contributed by atoms with van der Waals surface area (Å²) in [4.78, 5) is 24.0. The van der Waals surface area contributed by atoms with Gasteiger partial charge in [-0.05, 0) is 31.4 Å². The first-order valence-corrected chi connectivity index (χ1v) is 9.13. The number of non-ortho nitro benzene ring substituents is 1. The summed E-state index contributed by atoms with van der Waals surface area (Å²) in [5.74, 6) is 0. The van der Waals surface area contributed by atoms with Crippen LogP contribution in [0.1, 0.15) is 43.5 Å². The molecule has 0 spiro atoms. The highest BCUT2D eigenvalue weighted by Gasteiger charge is 2.54. The molecule has 8 heteroatoms. The number of likely N-dealkylation sites (tertiary alicyclic amines) is 1. The molecule has 1 N–H and O–H groups in total. The van der Waals surface area contributed by atoms with Crippen LogP contribution in [0.5, 0.6) is 0 Å². The third kappa shape index (κ3) is 3.74. The van der Waals surface area contributed by atoms with Gasteiger partial charge >= 0.3 is 0 Å². The van der Waals surface area contributed by atoms with E-state index in [0.29, 0.717) is 6.54 Å². The molecule has 0 radical (unpaired) electrons. The second-order valence-corrected chi connectivity index (χ2v) is 7.46. The van der Waals surface area contributed by atoms with Gasteiger partial charge in [0, 0.05) is 29.6 Å². The zero-order valence-electron chi connectivity index (χ0n) is 15.8. The average molecular weight is 385 g/mol. The molecular formula is C20H23N3O5. The van der Waals surface area contributed by atoms with Crippen LogP contribution in [0.15, 0.2) is 54.6 Å². The maximum Gasteiger partial charge on any atom is 0.269 e. The van der Waals surface area contributed by atoms with Crippen LogP contribution in [0.25, 0.3) is 0 Å². The minimum Gasteiger partial charge on any atom is -0.383 e. The van der Waals surface area contributed by atoms with Gasteiger partial charge in [-0.15, -0.1) is 0 Å². The van der Waals surface area contributed by atoms with Crippen molar-refractivity contribution >= 4 is 5.69 Å². The lowest BCUT2D eigenvalue weighted by molar-refractivity contribution is -0.559. The van der Waals surface area contributed by atoms with Gasteiger partial charge < -0.3 is 5.11 Å².